The molecule has 87 valence electrons. The molecule has 0 bridgehead atoms. The predicted octanol–water partition coefficient (Wildman–Crippen LogP) is 3.04. The Balaban J connectivity index is 2.39. The number of hydrogen-bond donors (Lipinski definition) is 0. The molecule has 2 nitrogen and oxygen atoms in total. The third-order valence-corrected chi connectivity index (χ3v) is 4.16. The summed E-state index contributed by atoms with van der Waals surface area (Å²) in [5, 5.41) is 0. The normalized spacial score (nSPS) is 10.7. The van der Waals surface area contributed by atoms with E-state index in [9.17, 15) is 0 Å². The fourth-order valence-electron chi connectivity index (χ4n) is 1.60. The van der Waals surface area contributed by atoms with Crippen LogP contribution in [0, 0.1) is 0 Å². The van der Waals surface area contributed by atoms with Gasteiger partial charge in [0, 0.05) is 14.2 Å². The van der Waals surface area contributed by atoms with Crippen molar-refractivity contribution in [2.75, 3.05) is 14.2 Å². The Bertz CT molecular complexity index is 321. The SMILES string of the molecule is C=Cc1cccc(CCC[Si](OC)OC)c1. The Labute approximate surface area is 99.7 Å². The van der Waals surface area contributed by atoms with Crippen LogP contribution in [0.1, 0.15) is 17.5 Å². The van der Waals surface area contributed by atoms with Crippen molar-refractivity contribution in [3.63, 3.8) is 0 Å². The number of benzene rings is 1. The molecule has 0 N–H and O–H groups in total. The first-order valence-electron chi connectivity index (χ1n) is 5.45. The average Bonchev–Trinajstić information content (AvgIpc) is 2.35. The lowest BCUT2D eigenvalue weighted by atomic mass is 10.1. The van der Waals surface area contributed by atoms with Crippen molar-refractivity contribution in [2.45, 2.75) is 18.9 Å². The minimum Gasteiger partial charge on any atom is -0.397 e. The molecule has 0 aliphatic carbocycles. The highest BCUT2D eigenvalue weighted by atomic mass is 28.3. The molecular formula is C13H19O2Si. The maximum absolute atomic E-state index is 5.25. The monoisotopic (exact) mass is 235 g/mol. The van der Waals surface area contributed by atoms with Crippen LogP contribution in [-0.4, -0.2) is 23.5 Å². The van der Waals surface area contributed by atoms with Gasteiger partial charge in [0.25, 0.3) is 0 Å². The number of rotatable bonds is 7. The minimum atomic E-state index is -1.03. The predicted molar refractivity (Wildman–Crippen MR) is 69.4 cm³/mol. The first-order chi connectivity index (χ1) is 7.80. The molecule has 0 saturated carbocycles. The zero-order valence-electron chi connectivity index (χ0n) is 10.0. The summed E-state index contributed by atoms with van der Waals surface area (Å²) in [5.41, 5.74) is 2.53. The lowest BCUT2D eigenvalue weighted by molar-refractivity contribution is 0.276. The van der Waals surface area contributed by atoms with Crippen molar-refractivity contribution in [1.82, 2.24) is 0 Å². The van der Waals surface area contributed by atoms with Gasteiger partial charge >= 0.3 is 9.28 Å². The van der Waals surface area contributed by atoms with Gasteiger partial charge in [0.2, 0.25) is 0 Å². The second kappa shape index (κ2) is 7.38. The first kappa shape index (κ1) is 13.2. The maximum atomic E-state index is 5.25. The van der Waals surface area contributed by atoms with Crippen LogP contribution in [0.3, 0.4) is 0 Å². The van der Waals surface area contributed by atoms with Crippen molar-refractivity contribution in [3.05, 3.63) is 42.0 Å². The molecule has 0 unspecified atom stereocenters. The van der Waals surface area contributed by atoms with Gasteiger partial charge in [-0.25, -0.2) is 0 Å². The van der Waals surface area contributed by atoms with E-state index in [4.69, 9.17) is 8.85 Å². The van der Waals surface area contributed by atoms with Crippen molar-refractivity contribution < 1.29 is 8.85 Å². The molecule has 3 heteroatoms. The van der Waals surface area contributed by atoms with Crippen LogP contribution in [0.5, 0.6) is 0 Å². The van der Waals surface area contributed by atoms with Crippen LogP contribution in [-0.2, 0) is 15.3 Å². The van der Waals surface area contributed by atoms with Crippen LogP contribution in [0.4, 0.5) is 0 Å². The van der Waals surface area contributed by atoms with E-state index >= 15 is 0 Å². The van der Waals surface area contributed by atoms with Crippen molar-refractivity contribution in [2.24, 2.45) is 0 Å². The van der Waals surface area contributed by atoms with Gasteiger partial charge in [0.05, 0.1) is 0 Å². The smallest absolute Gasteiger partial charge is 0.384 e. The van der Waals surface area contributed by atoms with Gasteiger partial charge in [-0.05, 0) is 30.0 Å². The van der Waals surface area contributed by atoms with Gasteiger partial charge in [0.15, 0.2) is 0 Å². The van der Waals surface area contributed by atoms with Gasteiger partial charge in [-0.3, -0.25) is 0 Å². The van der Waals surface area contributed by atoms with Crippen LogP contribution in [0.25, 0.3) is 6.08 Å². The summed E-state index contributed by atoms with van der Waals surface area (Å²) in [7, 11) is 2.41. The van der Waals surface area contributed by atoms with Gasteiger partial charge < -0.3 is 8.85 Å². The molecule has 0 aliphatic rings. The van der Waals surface area contributed by atoms with Gasteiger partial charge in [-0.2, -0.15) is 0 Å². The van der Waals surface area contributed by atoms with Crippen LogP contribution < -0.4 is 0 Å². The molecule has 0 spiro atoms. The average molecular weight is 235 g/mol. The van der Waals surface area contributed by atoms with E-state index in [1.807, 2.05) is 6.08 Å². The summed E-state index contributed by atoms with van der Waals surface area (Å²) >= 11 is 0. The van der Waals surface area contributed by atoms with E-state index in [1.165, 1.54) is 11.1 Å². The largest absolute Gasteiger partial charge is 0.397 e. The molecule has 0 saturated heterocycles. The van der Waals surface area contributed by atoms with Crippen LogP contribution in [0.2, 0.25) is 6.04 Å². The summed E-state index contributed by atoms with van der Waals surface area (Å²) < 4.78 is 10.5. The highest BCUT2D eigenvalue weighted by Gasteiger charge is 2.10. The van der Waals surface area contributed by atoms with Crippen molar-refractivity contribution in [1.29, 1.82) is 0 Å². The van der Waals surface area contributed by atoms with Gasteiger partial charge in [0.1, 0.15) is 0 Å². The molecule has 1 aromatic rings. The number of aryl methyl sites for hydroxylation is 1. The Morgan fingerprint density at radius 3 is 2.69 bits per heavy atom. The summed E-state index contributed by atoms with van der Waals surface area (Å²) in [6.45, 7) is 3.77. The fraction of sp³-hybridized carbons (Fsp3) is 0.385. The summed E-state index contributed by atoms with van der Waals surface area (Å²) in [5.74, 6) is 0. The summed E-state index contributed by atoms with van der Waals surface area (Å²) in [6, 6.07) is 9.49. The maximum Gasteiger partial charge on any atom is 0.384 e. The zero-order valence-corrected chi connectivity index (χ0v) is 11.0. The fourth-order valence-corrected chi connectivity index (χ4v) is 2.64. The van der Waals surface area contributed by atoms with Gasteiger partial charge in [-0.1, -0.05) is 36.9 Å². The van der Waals surface area contributed by atoms with Crippen LogP contribution >= 0.6 is 0 Å². The standard InChI is InChI=1S/C13H19O2Si/c1-4-12-7-5-8-13(11-12)9-6-10-16(14-2)15-3/h4-5,7-8,11H,1,6,9-10H2,2-3H3. The second-order valence-electron chi connectivity index (χ2n) is 3.58. The molecule has 1 radical (unpaired) electrons. The molecule has 0 aliphatic heterocycles. The van der Waals surface area contributed by atoms with Crippen LogP contribution in [0.15, 0.2) is 30.8 Å². The Morgan fingerprint density at radius 2 is 2.06 bits per heavy atom. The van der Waals surface area contributed by atoms with Crippen molar-refractivity contribution in [3.8, 4) is 0 Å². The number of hydrogen-bond acceptors (Lipinski definition) is 2. The molecule has 0 atom stereocenters. The molecule has 0 heterocycles. The third-order valence-electron chi connectivity index (χ3n) is 2.49. The van der Waals surface area contributed by atoms with E-state index < -0.39 is 9.28 Å². The third kappa shape index (κ3) is 4.31. The van der Waals surface area contributed by atoms with Gasteiger partial charge in [-0.15, -0.1) is 0 Å². The first-order valence-corrected chi connectivity index (χ1v) is 6.97. The second-order valence-corrected chi connectivity index (χ2v) is 5.64. The molecule has 1 aromatic carbocycles. The van der Waals surface area contributed by atoms with E-state index in [-0.39, 0.29) is 0 Å². The molecule has 0 amide bonds. The van der Waals surface area contributed by atoms with E-state index in [0.29, 0.717) is 0 Å². The molecule has 0 fully saturated rings. The quantitative estimate of drug-likeness (QED) is 0.676. The molecule has 1 rings (SSSR count). The Morgan fingerprint density at radius 1 is 1.31 bits per heavy atom. The summed E-state index contributed by atoms with van der Waals surface area (Å²) in [4.78, 5) is 0. The summed E-state index contributed by atoms with van der Waals surface area (Å²) in [6.07, 6.45) is 4.06. The lowest BCUT2D eigenvalue weighted by Crippen LogP contribution is -2.18. The Kier molecular flexibility index (Phi) is 6.07. The highest BCUT2D eigenvalue weighted by Crippen LogP contribution is 2.11. The molecule has 16 heavy (non-hydrogen) atoms. The topological polar surface area (TPSA) is 18.5 Å². The van der Waals surface area contributed by atoms with E-state index in [1.54, 1.807) is 14.2 Å². The highest BCUT2D eigenvalue weighted by molar-refractivity contribution is 6.44. The Hall–Kier alpha value is -0.903. The lowest BCUT2D eigenvalue weighted by Gasteiger charge is -2.08. The minimum absolute atomic E-state index is 1.02. The van der Waals surface area contributed by atoms with E-state index in [2.05, 4.69) is 30.8 Å². The molecule has 0 aromatic heterocycles. The van der Waals surface area contributed by atoms with E-state index in [0.717, 1.165) is 18.9 Å². The van der Waals surface area contributed by atoms with Crippen molar-refractivity contribution >= 4 is 15.4 Å². The zero-order chi connectivity index (χ0) is 11.8. The molecular weight excluding hydrogens is 216 g/mol.